The van der Waals surface area contributed by atoms with Crippen molar-refractivity contribution < 1.29 is 4.79 Å². The number of H-pyrrole nitrogens is 1. The van der Waals surface area contributed by atoms with Gasteiger partial charge in [-0.15, -0.1) is 12.4 Å². The molecule has 14 heavy (non-hydrogen) atoms. The summed E-state index contributed by atoms with van der Waals surface area (Å²) in [7, 11) is 0. The highest BCUT2D eigenvalue weighted by molar-refractivity contribution is 5.93. The van der Waals surface area contributed by atoms with Gasteiger partial charge in [0.25, 0.3) is 5.91 Å². The van der Waals surface area contributed by atoms with E-state index in [1.165, 1.54) is 0 Å². The maximum atomic E-state index is 11.7. The first-order chi connectivity index (χ1) is 6.27. The summed E-state index contributed by atoms with van der Waals surface area (Å²) in [5.74, 6) is 0.0641. The number of likely N-dealkylation sites (tertiary alicyclic amines) is 1. The summed E-state index contributed by atoms with van der Waals surface area (Å²) in [5, 5.41) is 0. The lowest BCUT2D eigenvalue weighted by Crippen LogP contribution is -2.27. The number of rotatable bonds is 1. The van der Waals surface area contributed by atoms with Gasteiger partial charge in [0.15, 0.2) is 0 Å². The highest BCUT2D eigenvalue weighted by Gasteiger charge is 2.20. The van der Waals surface area contributed by atoms with Crippen molar-refractivity contribution in [1.82, 2.24) is 9.88 Å². The molecule has 0 saturated carbocycles. The van der Waals surface area contributed by atoms with Gasteiger partial charge in [-0.2, -0.15) is 0 Å². The minimum Gasteiger partial charge on any atom is -0.397 e. The Hall–Kier alpha value is -1.16. The lowest BCUT2D eigenvalue weighted by atomic mass is 10.3. The van der Waals surface area contributed by atoms with Crippen molar-refractivity contribution in [2.45, 2.75) is 12.8 Å². The number of carbonyl (C=O) groups is 1. The number of nitrogens with two attached hydrogens (primary N) is 1. The van der Waals surface area contributed by atoms with Crippen molar-refractivity contribution in [3.63, 3.8) is 0 Å². The van der Waals surface area contributed by atoms with E-state index in [0.29, 0.717) is 11.4 Å². The maximum Gasteiger partial charge on any atom is 0.270 e. The van der Waals surface area contributed by atoms with Gasteiger partial charge >= 0.3 is 0 Å². The van der Waals surface area contributed by atoms with Crippen molar-refractivity contribution in [3.05, 3.63) is 18.0 Å². The Labute approximate surface area is 88.9 Å². The van der Waals surface area contributed by atoms with Gasteiger partial charge in [0.1, 0.15) is 5.69 Å². The van der Waals surface area contributed by atoms with E-state index in [1.54, 1.807) is 12.3 Å². The number of nitrogens with one attached hydrogen (secondary N) is 1. The fourth-order valence-corrected chi connectivity index (χ4v) is 1.63. The van der Waals surface area contributed by atoms with Gasteiger partial charge < -0.3 is 15.6 Å². The van der Waals surface area contributed by atoms with Crippen LogP contribution >= 0.6 is 12.4 Å². The average Bonchev–Trinajstić information content (AvgIpc) is 2.72. The number of carbonyl (C=O) groups excluding carboxylic acids is 1. The largest absolute Gasteiger partial charge is 0.397 e. The molecule has 1 saturated heterocycles. The second kappa shape index (κ2) is 4.37. The molecule has 1 aliphatic rings. The minimum absolute atomic E-state index is 0. The van der Waals surface area contributed by atoms with E-state index < -0.39 is 0 Å². The minimum atomic E-state index is 0. The zero-order valence-electron chi connectivity index (χ0n) is 7.82. The summed E-state index contributed by atoms with van der Waals surface area (Å²) in [6.45, 7) is 1.75. The van der Waals surface area contributed by atoms with E-state index in [4.69, 9.17) is 5.73 Å². The molecule has 5 heteroatoms. The third-order valence-corrected chi connectivity index (χ3v) is 2.33. The molecule has 0 aromatic carbocycles. The van der Waals surface area contributed by atoms with Crippen LogP contribution in [0.1, 0.15) is 23.3 Å². The summed E-state index contributed by atoms with van der Waals surface area (Å²) in [6, 6.07) is 1.68. The van der Waals surface area contributed by atoms with Crippen molar-refractivity contribution in [2.24, 2.45) is 0 Å². The number of nitrogens with zero attached hydrogens (tertiary/aromatic N) is 1. The first kappa shape index (κ1) is 10.9. The number of amides is 1. The maximum absolute atomic E-state index is 11.7. The van der Waals surface area contributed by atoms with Crippen molar-refractivity contribution in [2.75, 3.05) is 18.8 Å². The number of hydrogen-bond acceptors (Lipinski definition) is 2. The molecule has 0 aliphatic carbocycles. The molecule has 3 N–H and O–H groups in total. The molecule has 0 bridgehead atoms. The molecule has 0 unspecified atom stereocenters. The van der Waals surface area contributed by atoms with Crippen LogP contribution in [-0.4, -0.2) is 28.9 Å². The number of anilines is 1. The molecule has 1 fully saturated rings. The molecule has 0 spiro atoms. The Morgan fingerprint density at radius 2 is 2.07 bits per heavy atom. The van der Waals surface area contributed by atoms with Gasteiger partial charge in [0.2, 0.25) is 0 Å². The van der Waals surface area contributed by atoms with Gasteiger partial charge in [0.05, 0.1) is 0 Å². The Kier molecular flexibility index (Phi) is 3.41. The fraction of sp³-hybridized carbons (Fsp3) is 0.444. The molecule has 1 aromatic rings. The smallest absolute Gasteiger partial charge is 0.270 e. The third kappa shape index (κ3) is 2.01. The molecule has 0 atom stereocenters. The number of hydrogen-bond donors (Lipinski definition) is 2. The average molecular weight is 216 g/mol. The molecule has 4 nitrogen and oxygen atoms in total. The summed E-state index contributed by atoms with van der Waals surface area (Å²) in [6.07, 6.45) is 3.87. The van der Waals surface area contributed by atoms with Crippen LogP contribution in [0.4, 0.5) is 5.69 Å². The van der Waals surface area contributed by atoms with Crippen molar-refractivity contribution in [1.29, 1.82) is 0 Å². The molecule has 1 aromatic heterocycles. The van der Waals surface area contributed by atoms with Gasteiger partial charge in [-0.1, -0.05) is 0 Å². The zero-order valence-corrected chi connectivity index (χ0v) is 8.64. The zero-order chi connectivity index (χ0) is 9.26. The number of halogens is 1. The standard InChI is InChI=1S/C9H13N3O.ClH/c10-7-5-8(11-6-7)9(13)12-3-1-2-4-12;/h5-6,11H,1-4,10H2;1H. The molecular weight excluding hydrogens is 202 g/mol. The second-order valence-electron chi connectivity index (χ2n) is 3.35. The van der Waals surface area contributed by atoms with Crippen LogP contribution in [0.2, 0.25) is 0 Å². The quantitative estimate of drug-likeness (QED) is 0.741. The van der Waals surface area contributed by atoms with Gasteiger partial charge in [-0.25, -0.2) is 0 Å². The molecule has 78 valence electrons. The molecule has 1 aliphatic heterocycles. The van der Waals surface area contributed by atoms with Crippen LogP contribution in [0.3, 0.4) is 0 Å². The van der Waals surface area contributed by atoms with Gasteiger partial charge in [-0.05, 0) is 18.9 Å². The molecule has 2 rings (SSSR count). The summed E-state index contributed by atoms with van der Waals surface area (Å²) in [5.41, 5.74) is 6.72. The van der Waals surface area contributed by atoms with Crippen molar-refractivity contribution in [3.8, 4) is 0 Å². The summed E-state index contributed by atoms with van der Waals surface area (Å²) >= 11 is 0. The van der Waals surface area contributed by atoms with Gasteiger partial charge in [-0.3, -0.25) is 4.79 Å². The number of nitrogen functional groups attached to an aromatic ring is 1. The van der Waals surface area contributed by atoms with Crippen LogP contribution in [0, 0.1) is 0 Å². The van der Waals surface area contributed by atoms with Gasteiger partial charge in [0, 0.05) is 25.0 Å². The normalized spacial score (nSPS) is 15.3. The second-order valence-corrected chi connectivity index (χ2v) is 3.35. The summed E-state index contributed by atoms with van der Waals surface area (Å²) < 4.78 is 0. The van der Waals surface area contributed by atoms with Crippen LogP contribution in [0.25, 0.3) is 0 Å². The number of aromatic nitrogens is 1. The highest BCUT2D eigenvalue weighted by Crippen LogP contribution is 2.13. The molecular formula is C9H14ClN3O. The summed E-state index contributed by atoms with van der Waals surface area (Å²) in [4.78, 5) is 16.4. The predicted molar refractivity (Wildman–Crippen MR) is 57.6 cm³/mol. The Balaban J connectivity index is 0.000000980. The predicted octanol–water partition coefficient (Wildman–Crippen LogP) is 1.25. The Morgan fingerprint density at radius 3 is 2.57 bits per heavy atom. The van der Waals surface area contributed by atoms with Crippen LogP contribution in [-0.2, 0) is 0 Å². The van der Waals surface area contributed by atoms with E-state index in [2.05, 4.69) is 4.98 Å². The molecule has 2 heterocycles. The lowest BCUT2D eigenvalue weighted by Gasteiger charge is -2.13. The van der Waals surface area contributed by atoms with E-state index in [9.17, 15) is 4.79 Å². The SMILES string of the molecule is Cl.Nc1c[nH]c(C(=O)N2CCCC2)c1. The van der Waals surface area contributed by atoms with E-state index in [-0.39, 0.29) is 18.3 Å². The van der Waals surface area contributed by atoms with Crippen molar-refractivity contribution >= 4 is 24.0 Å². The first-order valence-electron chi connectivity index (χ1n) is 4.50. The molecule has 1 amide bonds. The Bertz CT molecular complexity index is 318. The Morgan fingerprint density at radius 1 is 1.43 bits per heavy atom. The van der Waals surface area contributed by atoms with Crippen LogP contribution < -0.4 is 5.73 Å². The fourth-order valence-electron chi connectivity index (χ4n) is 1.63. The van der Waals surface area contributed by atoms with Crippen LogP contribution in [0.15, 0.2) is 12.3 Å². The van der Waals surface area contributed by atoms with E-state index >= 15 is 0 Å². The third-order valence-electron chi connectivity index (χ3n) is 2.33. The van der Waals surface area contributed by atoms with Crippen LogP contribution in [0.5, 0.6) is 0 Å². The number of aromatic amines is 1. The van der Waals surface area contributed by atoms with E-state index in [0.717, 1.165) is 25.9 Å². The lowest BCUT2D eigenvalue weighted by molar-refractivity contribution is 0.0788. The topological polar surface area (TPSA) is 62.1 Å². The first-order valence-corrected chi connectivity index (χ1v) is 4.50. The van der Waals surface area contributed by atoms with E-state index in [1.807, 2.05) is 4.90 Å². The highest BCUT2D eigenvalue weighted by atomic mass is 35.5. The molecule has 0 radical (unpaired) electrons. The monoisotopic (exact) mass is 215 g/mol.